The van der Waals surface area contributed by atoms with Gasteiger partial charge in [-0.3, -0.25) is 0 Å². The van der Waals surface area contributed by atoms with Gasteiger partial charge >= 0.3 is 0 Å². The zero-order valence-electron chi connectivity index (χ0n) is 4.24. The maximum absolute atomic E-state index is 3.56. The minimum Gasteiger partial charge on any atom is -0.393 e. The van der Waals surface area contributed by atoms with E-state index in [9.17, 15) is 0 Å². The van der Waals surface area contributed by atoms with Crippen LogP contribution in [0.15, 0.2) is 22.4 Å². The van der Waals surface area contributed by atoms with Gasteiger partial charge in [-0.15, -0.1) is 0 Å². The van der Waals surface area contributed by atoms with Crippen molar-refractivity contribution in [3.63, 3.8) is 0 Å². The summed E-state index contributed by atoms with van der Waals surface area (Å²) in [4.78, 5) is 0. The second-order valence-electron chi connectivity index (χ2n) is 1.02. The molecule has 0 aromatic carbocycles. The highest BCUT2D eigenvalue weighted by Gasteiger charge is 1.73. The number of halogens is 1. The van der Waals surface area contributed by atoms with Gasteiger partial charge in [0.05, 0.1) is 0 Å². The molecule has 2 heteroatoms. The van der Waals surface area contributed by atoms with Gasteiger partial charge in [-0.2, -0.15) is 0 Å². The summed E-state index contributed by atoms with van der Waals surface area (Å²) in [5, 5.41) is 2.88. The van der Waals surface area contributed by atoms with Gasteiger partial charge in [0.1, 0.15) is 0 Å². The monoisotopic (exact) mass is 209 g/mol. The van der Waals surface area contributed by atoms with Crippen molar-refractivity contribution >= 4 is 22.6 Å². The van der Waals surface area contributed by atoms with Crippen molar-refractivity contribution in [2.24, 2.45) is 0 Å². The summed E-state index contributed by atoms with van der Waals surface area (Å²) in [7, 11) is 1.86. The lowest BCUT2D eigenvalue weighted by Gasteiger charge is -1.85. The molecule has 0 spiro atoms. The number of hydrogen-bond donors (Lipinski definition) is 1. The van der Waals surface area contributed by atoms with E-state index in [4.69, 9.17) is 0 Å². The van der Waals surface area contributed by atoms with Crippen LogP contribution in [0.4, 0.5) is 0 Å². The van der Waals surface area contributed by atoms with E-state index in [-0.39, 0.29) is 0 Å². The van der Waals surface area contributed by atoms with Gasteiger partial charge in [-0.1, -0.05) is 12.7 Å². The second kappa shape index (κ2) is 4.18. The maximum Gasteiger partial charge on any atom is 0.0281 e. The van der Waals surface area contributed by atoms with Crippen LogP contribution in [0.3, 0.4) is 0 Å². The molecule has 0 amide bonds. The Hall–Kier alpha value is 0.01000. The van der Waals surface area contributed by atoms with Gasteiger partial charge in [-0.25, -0.2) is 0 Å². The van der Waals surface area contributed by atoms with Crippen LogP contribution in [-0.4, -0.2) is 7.05 Å². The van der Waals surface area contributed by atoms with Gasteiger partial charge < -0.3 is 5.32 Å². The Bertz CT molecular complexity index is 86.1. The molecule has 0 unspecified atom stereocenters. The summed E-state index contributed by atoms with van der Waals surface area (Å²) in [6.07, 6.45) is 3.67. The Kier molecular flexibility index (Phi) is 4.18. The molecule has 0 rings (SSSR count). The van der Waals surface area contributed by atoms with Gasteiger partial charge in [0.2, 0.25) is 0 Å². The smallest absolute Gasteiger partial charge is 0.0281 e. The molecule has 0 aliphatic heterocycles. The summed E-state index contributed by atoms with van der Waals surface area (Å²) in [5.41, 5.74) is 0. The standard InChI is InChI=1S/C5H8IN/c1-3-5(6)4-7-2/h3-4,7H,1H2,2H3/b5-4+. The molecule has 0 aromatic rings. The van der Waals surface area contributed by atoms with Crippen molar-refractivity contribution in [3.8, 4) is 0 Å². The van der Waals surface area contributed by atoms with E-state index in [0.29, 0.717) is 0 Å². The molecule has 40 valence electrons. The van der Waals surface area contributed by atoms with Crippen LogP contribution in [0.5, 0.6) is 0 Å². The van der Waals surface area contributed by atoms with E-state index < -0.39 is 0 Å². The SMILES string of the molecule is C=C/C(I)=C\NC. The third-order valence-electron chi connectivity index (χ3n) is 0.477. The van der Waals surface area contributed by atoms with Gasteiger partial charge in [0.25, 0.3) is 0 Å². The van der Waals surface area contributed by atoms with Crippen molar-refractivity contribution in [1.82, 2.24) is 5.32 Å². The molecule has 7 heavy (non-hydrogen) atoms. The average Bonchev–Trinajstić information content (AvgIpc) is 1.68. The summed E-state index contributed by atoms with van der Waals surface area (Å²) >= 11 is 2.19. The topological polar surface area (TPSA) is 12.0 Å². The zero-order chi connectivity index (χ0) is 5.70. The first-order chi connectivity index (χ1) is 3.31. The van der Waals surface area contributed by atoms with Crippen molar-refractivity contribution in [3.05, 3.63) is 22.4 Å². The molecule has 0 aliphatic rings. The Balaban J connectivity index is 3.49. The van der Waals surface area contributed by atoms with Crippen LogP contribution in [0.25, 0.3) is 0 Å². The van der Waals surface area contributed by atoms with E-state index in [1.807, 2.05) is 13.2 Å². The summed E-state index contributed by atoms with van der Waals surface area (Å²) in [6, 6.07) is 0. The Labute approximate surface area is 57.6 Å². The molecular formula is C5H8IN. The minimum absolute atomic E-state index is 1.13. The van der Waals surface area contributed by atoms with Crippen LogP contribution in [0.1, 0.15) is 0 Å². The third-order valence-corrected chi connectivity index (χ3v) is 1.23. The van der Waals surface area contributed by atoms with E-state index in [1.54, 1.807) is 6.08 Å². The molecule has 0 fully saturated rings. The molecule has 0 radical (unpaired) electrons. The van der Waals surface area contributed by atoms with Crippen molar-refractivity contribution in [1.29, 1.82) is 0 Å². The fourth-order valence-corrected chi connectivity index (χ4v) is 0.508. The fraction of sp³-hybridized carbons (Fsp3) is 0.200. The van der Waals surface area contributed by atoms with E-state index in [2.05, 4.69) is 34.5 Å². The molecule has 0 heterocycles. The summed E-state index contributed by atoms with van der Waals surface area (Å²) in [5.74, 6) is 0. The lowest BCUT2D eigenvalue weighted by Crippen LogP contribution is -1.91. The molecule has 0 aliphatic carbocycles. The Morgan fingerprint density at radius 2 is 2.43 bits per heavy atom. The van der Waals surface area contributed by atoms with Crippen molar-refractivity contribution in [2.75, 3.05) is 7.05 Å². The van der Waals surface area contributed by atoms with E-state index >= 15 is 0 Å². The van der Waals surface area contributed by atoms with Crippen LogP contribution < -0.4 is 5.32 Å². The molecule has 0 bridgehead atoms. The van der Waals surface area contributed by atoms with Gasteiger partial charge in [0.15, 0.2) is 0 Å². The highest BCUT2D eigenvalue weighted by atomic mass is 127. The summed E-state index contributed by atoms with van der Waals surface area (Å²) < 4.78 is 1.13. The van der Waals surface area contributed by atoms with Gasteiger partial charge in [0, 0.05) is 16.8 Å². The normalized spacial score (nSPS) is 10.9. The number of nitrogens with one attached hydrogen (secondary N) is 1. The molecule has 0 saturated carbocycles. The first kappa shape index (κ1) is 7.01. The fourth-order valence-electron chi connectivity index (χ4n) is 0.197. The molecular weight excluding hydrogens is 201 g/mol. The van der Waals surface area contributed by atoms with Gasteiger partial charge in [-0.05, 0) is 22.6 Å². The molecule has 1 nitrogen and oxygen atoms in total. The first-order valence-electron chi connectivity index (χ1n) is 1.96. The number of hydrogen-bond acceptors (Lipinski definition) is 1. The molecule has 0 aromatic heterocycles. The second-order valence-corrected chi connectivity index (χ2v) is 2.27. The Morgan fingerprint density at radius 1 is 1.86 bits per heavy atom. The molecule has 0 atom stereocenters. The first-order valence-corrected chi connectivity index (χ1v) is 3.04. The van der Waals surface area contributed by atoms with Crippen LogP contribution >= 0.6 is 22.6 Å². The highest BCUT2D eigenvalue weighted by Crippen LogP contribution is 2.02. The third kappa shape index (κ3) is 3.85. The molecule has 0 saturated heterocycles. The molecule has 1 N–H and O–H groups in total. The minimum atomic E-state index is 1.13. The van der Waals surface area contributed by atoms with E-state index in [1.165, 1.54) is 0 Å². The maximum atomic E-state index is 3.56. The zero-order valence-corrected chi connectivity index (χ0v) is 6.40. The predicted octanol–water partition coefficient (Wildman–Crippen LogP) is 1.67. The lowest BCUT2D eigenvalue weighted by atomic mass is 10.6. The Morgan fingerprint density at radius 3 is 2.57 bits per heavy atom. The van der Waals surface area contributed by atoms with Crippen LogP contribution in [-0.2, 0) is 0 Å². The van der Waals surface area contributed by atoms with Crippen molar-refractivity contribution in [2.45, 2.75) is 0 Å². The van der Waals surface area contributed by atoms with Crippen molar-refractivity contribution < 1.29 is 0 Å². The van der Waals surface area contributed by atoms with E-state index in [0.717, 1.165) is 3.58 Å². The van der Waals surface area contributed by atoms with Crippen LogP contribution in [0, 0.1) is 0 Å². The van der Waals surface area contributed by atoms with Crippen LogP contribution in [0.2, 0.25) is 0 Å². The lowest BCUT2D eigenvalue weighted by molar-refractivity contribution is 1.10. The predicted molar refractivity (Wildman–Crippen MR) is 41.4 cm³/mol. The quantitative estimate of drug-likeness (QED) is 0.538. The number of allylic oxidation sites excluding steroid dienone is 2. The number of rotatable bonds is 2. The largest absolute Gasteiger partial charge is 0.393 e. The summed E-state index contributed by atoms with van der Waals surface area (Å²) in [6.45, 7) is 3.56. The average molecular weight is 209 g/mol. The highest BCUT2D eigenvalue weighted by molar-refractivity contribution is 14.1.